The molecule has 0 radical (unpaired) electrons. The number of hydrogen-bond acceptors (Lipinski definition) is 3. The highest BCUT2D eigenvalue weighted by Gasteiger charge is 2.10. The summed E-state index contributed by atoms with van der Waals surface area (Å²) in [5.41, 5.74) is 1.56. The van der Waals surface area contributed by atoms with Crippen LogP contribution in [0.5, 0.6) is 0 Å². The van der Waals surface area contributed by atoms with Crippen LogP contribution in [0, 0.1) is 0 Å². The molecular formula is C15H9N3O. The summed E-state index contributed by atoms with van der Waals surface area (Å²) in [6.07, 6.45) is 0. The molecule has 4 heteroatoms. The third-order valence-corrected chi connectivity index (χ3v) is 3.42. The quantitative estimate of drug-likeness (QED) is 0.519. The van der Waals surface area contributed by atoms with E-state index in [-0.39, 0.29) is 5.43 Å². The molecule has 3 aromatic carbocycles. The fourth-order valence-corrected chi connectivity index (χ4v) is 2.54. The Labute approximate surface area is 107 Å². The number of fused-ring (bicyclic) bond motifs is 5. The normalized spacial score (nSPS) is 11.4. The van der Waals surface area contributed by atoms with Gasteiger partial charge in [0, 0.05) is 21.5 Å². The highest BCUT2D eigenvalue weighted by Crippen LogP contribution is 2.24. The highest BCUT2D eigenvalue weighted by molar-refractivity contribution is 6.13. The monoisotopic (exact) mass is 247 g/mol. The van der Waals surface area contributed by atoms with E-state index in [2.05, 4.69) is 15.4 Å². The lowest BCUT2D eigenvalue weighted by Gasteiger charge is -1.90. The van der Waals surface area contributed by atoms with Gasteiger partial charge in [0.05, 0.1) is 5.52 Å². The van der Waals surface area contributed by atoms with Crippen molar-refractivity contribution in [3.05, 3.63) is 58.8 Å². The molecule has 4 rings (SSSR count). The number of hydrogen-bond donors (Lipinski definition) is 1. The molecule has 1 aromatic heterocycles. The maximum atomic E-state index is 12.6. The standard InChI is InChI=1S/C15H9N3O/c19-15-11-7-3-1-5-9(11)13-14(17-18-16-13)10-6-2-4-8-12(10)15/h1-8H,(H,16,17,18). The molecule has 0 aliphatic heterocycles. The summed E-state index contributed by atoms with van der Waals surface area (Å²) in [6, 6.07) is 15.0. The Kier molecular flexibility index (Phi) is 1.94. The van der Waals surface area contributed by atoms with E-state index < -0.39 is 0 Å². The average molecular weight is 247 g/mol. The van der Waals surface area contributed by atoms with Crippen molar-refractivity contribution in [3.63, 3.8) is 0 Å². The molecule has 0 bridgehead atoms. The minimum atomic E-state index is 0.0256. The third-order valence-electron chi connectivity index (χ3n) is 3.42. The van der Waals surface area contributed by atoms with Gasteiger partial charge in [-0.25, -0.2) is 0 Å². The van der Waals surface area contributed by atoms with Gasteiger partial charge in [-0.1, -0.05) is 53.7 Å². The lowest BCUT2D eigenvalue weighted by atomic mass is 10.1. The van der Waals surface area contributed by atoms with Crippen molar-refractivity contribution in [2.75, 3.05) is 0 Å². The van der Waals surface area contributed by atoms with Gasteiger partial charge in [-0.2, -0.15) is 0 Å². The minimum Gasteiger partial charge on any atom is -0.289 e. The second kappa shape index (κ2) is 3.62. The van der Waals surface area contributed by atoms with E-state index in [1.807, 2.05) is 48.5 Å². The first-order chi connectivity index (χ1) is 9.36. The number of aromatic amines is 1. The fraction of sp³-hybridized carbons (Fsp3) is 0. The van der Waals surface area contributed by atoms with Crippen molar-refractivity contribution in [1.29, 1.82) is 0 Å². The second-order valence-electron chi connectivity index (χ2n) is 4.46. The first kappa shape index (κ1) is 10.2. The predicted octanol–water partition coefficient (Wildman–Crippen LogP) is 2.62. The molecule has 0 aliphatic rings. The van der Waals surface area contributed by atoms with Gasteiger partial charge in [-0.3, -0.25) is 9.89 Å². The number of benzene rings is 2. The first-order valence-corrected chi connectivity index (χ1v) is 6.01. The van der Waals surface area contributed by atoms with E-state index >= 15 is 0 Å². The van der Waals surface area contributed by atoms with Crippen LogP contribution in [0.2, 0.25) is 0 Å². The van der Waals surface area contributed by atoms with Crippen LogP contribution in [-0.2, 0) is 0 Å². The third kappa shape index (κ3) is 1.31. The van der Waals surface area contributed by atoms with Crippen LogP contribution in [0.4, 0.5) is 0 Å². The molecule has 0 spiro atoms. The molecule has 19 heavy (non-hydrogen) atoms. The first-order valence-electron chi connectivity index (χ1n) is 6.01. The van der Waals surface area contributed by atoms with E-state index in [0.717, 1.165) is 21.8 Å². The Balaban J connectivity index is 2.55. The van der Waals surface area contributed by atoms with Crippen LogP contribution in [0.25, 0.3) is 32.6 Å². The van der Waals surface area contributed by atoms with Gasteiger partial charge in [0.2, 0.25) is 0 Å². The van der Waals surface area contributed by atoms with E-state index in [9.17, 15) is 4.79 Å². The zero-order valence-corrected chi connectivity index (χ0v) is 9.92. The maximum absolute atomic E-state index is 12.6. The molecule has 1 heterocycles. The maximum Gasteiger partial charge on any atom is 0.194 e. The Morgan fingerprint density at radius 1 is 0.789 bits per heavy atom. The molecule has 1 N–H and O–H groups in total. The zero-order chi connectivity index (χ0) is 12.8. The second-order valence-corrected chi connectivity index (χ2v) is 4.46. The van der Waals surface area contributed by atoms with E-state index in [4.69, 9.17) is 0 Å². The summed E-state index contributed by atoms with van der Waals surface area (Å²) in [7, 11) is 0. The van der Waals surface area contributed by atoms with Gasteiger partial charge < -0.3 is 0 Å². The Morgan fingerprint density at radius 3 is 2.11 bits per heavy atom. The smallest absolute Gasteiger partial charge is 0.194 e. The molecule has 0 saturated carbocycles. The molecule has 4 aromatic rings. The average Bonchev–Trinajstić information content (AvgIpc) is 2.92. The number of nitrogens with one attached hydrogen (secondary N) is 1. The number of H-pyrrole nitrogens is 1. The molecule has 0 atom stereocenters. The van der Waals surface area contributed by atoms with Crippen LogP contribution in [-0.4, -0.2) is 15.4 Å². The van der Waals surface area contributed by atoms with Crippen LogP contribution in [0.1, 0.15) is 0 Å². The lowest BCUT2D eigenvalue weighted by molar-refractivity contribution is 0.961. The summed E-state index contributed by atoms with van der Waals surface area (Å²) in [5.74, 6) is 0. The Bertz CT molecular complexity index is 912. The van der Waals surface area contributed by atoms with Crippen molar-refractivity contribution in [2.45, 2.75) is 0 Å². The van der Waals surface area contributed by atoms with Crippen LogP contribution < -0.4 is 5.43 Å². The van der Waals surface area contributed by atoms with Gasteiger partial charge in [-0.15, -0.1) is 5.10 Å². The number of nitrogens with zero attached hydrogens (tertiary/aromatic N) is 2. The summed E-state index contributed by atoms with van der Waals surface area (Å²) in [4.78, 5) is 12.6. The summed E-state index contributed by atoms with van der Waals surface area (Å²) >= 11 is 0. The molecular weight excluding hydrogens is 238 g/mol. The summed E-state index contributed by atoms with van der Waals surface area (Å²) in [6.45, 7) is 0. The molecule has 90 valence electrons. The highest BCUT2D eigenvalue weighted by atomic mass is 16.1. The van der Waals surface area contributed by atoms with Crippen molar-refractivity contribution in [2.24, 2.45) is 0 Å². The topological polar surface area (TPSA) is 58.6 Å². The molecule has 4 nitrogen and oxygen atoms in total. The Morgan fingerprint density at radius 2 is 1.37 bits per heavy atom. The molecule has 0 fully saturated rings. The number of rotatable bonds is 0. The predicted molar refractivity (Wildman–Crippen MR) is 75.2 cm³/mol. The SMILES string of the molecule is O=c1c2ccccc2c2nn[nH]c2c2ccccc12. The van der Waals surface area contributed by atoms with Gasteiger partial charge in [0.1, 0.15) is 5.52 Å². The molecule has 0 saturated heterocycles. The van der Waals surface area contributed by atoms with Crippen molar-refractivity contribution < 1.29 is 0 Å². The largest absolute Gasteiger partial charge is 0.289 e. The van der Waals surface area contributed by atoms with Crippen molar-refractivity contribution in [3.8, 4) is 0 Å². The van der Waals surface area contributed by atoms with E-state index in [1.54, 1.807) is 0 Å². The fourth-order valence-electron chi connectivity index (χ4n) is 2.54. The summed E-state index contributed by atoms with van der Waals surface area (Å²) in [5, 5.41) is 13.9. The molecule has 0 aliphatic carbocycles. The van der Waals surface area contributed by atoms with Gasteiger partial charge in [0.25, 0.3) is 0 Å². The van der Waals surface area contributed by atoms with Gasteiger partial charge in [0.15, 0.2) is 5.43 Å². The Hall–Kier alpha value is -2.75. The molecule has 0 unspecified atom stereocenters. The van der Waals surface area contributed by atoms with E-state index in [1.165, 1.54) is 0 Å². The van der Waals surface area contributed by atoms with Gasteiger partial charge >= 0.3 is 0 Å². The van der Waals surface area contributed by atoms with E-state index in [0.29, 0.717) is 10.8 Å². The van der Waals surface area contributed by atoms with Crippen LogP contribution in [0.15, 0.2) is 53.3 Å². The van der Waals surface area contributed by atoms with Gasteiger partial charge in [-0.05, 0) is 0 Å². The number of aromatic nitrogens is 3. The van der Waals surface area contributed by atoms with Crippen LogP contribution in [0.3, 0.4) is 0 Å². The lowest BCUT2D eigenvalue weighted by Crippen LogP contribution is -1.97. The van der Waals surface area contributed by atoms with Crippen molar-refractivity contribution in [1.82, 2.24) is 15.4 Å². The zero-order valence-electron chi connectivity index (χ0n) is 9.92. The minimum absolute atomic E-state index is 0.0256. The van der Waals surface area contributed by atoms with Crippen LogP contribution >= 0.6 is 0 Å². The van der Waals surface area contributed by atoms with Crippen molar-refractivity contribution >= 4 is 32.6 Å². The summed E-state index contributed by atoms with van der Waals surface area (Å²) < 4.78 is 0. The molecule has 0 amide bonds.